The average Bonchev–Trinajstić information content (AvgIpc) is 2.59. The molecule has 0 fully saturated rings. The Balaban J connectivity index is 1.83. The van der Waals surface area contributed by atoms with E-state index in [2.05, 4.69) is 20.9 Å². The first kappa shape index (κ1) is 17.5. The summed E-state index contributed by atoms with van der Waals surface area (Å²) in [6.07, 6.45) is 3.37. The second kappa shape index (κ2) is 8.67. The second-order valence-electron chi connectivity index (χ2n) is 5.72. The van der Waals surface area contributed by atoms with Gasteiger partial charge >= 0.3 is 6.03 Å². The molecule has 0 spiro atoms. The number of aromatic nitrogens is 1. The summed E-state index contributed by atoms with van der Waals surface area (Å²) in [7, 11) is 0. The minimum atomic E-state index is -0.260. The van der Waals surface area contributed by atoms with Gasteiger partial charge in [-0.1, -0.05) is 12.1 Å². The van der Waals surface area contributed by atoms with Crippen LogP contribution in [0.1, 0.15) is 35.3 Å². The number of pyridine rings is 1. The van der Waals surface area contributed by atoms with E-state index >= 15 is 0 Å². The molecule has 6 heteroatoms. The minimum Gasteiger partial charge on any atom is -0.350 e. The quantitative estimate of drug-likeness (QED) is 0.761. The largest absolute Gasteiger partial charge is 0.350 e. The van der Waals surface area contributed by atoms with Crippen molar-refractivity contribution in [3.05, 3.63) is 65.5 Å². The van der Waals surface area contributed by atoms with Gasteiger partial charge in [0, 0.05) is 37.1 Å². The van der Waals surface area contributed by atoms with Crippen molar-refractivity contribution < 1.29 is 9.59 Å². The van der Waals surface area contributed by atoms with Crippen molar-refractivity contribution >= 4 is 11.9 Å². The highest BCUT2D eigenvalue weighted by Crippen LogP contribution is 2.05. The predicted octanol–water partition coefficient (Wildman–Crippen LogP) is 2.22. The van der Waals surface area contributed by atoms with Crippen LogP contribution >= 0.6 is 0 Å². The number of nitrogens with one attached hydrogen (secondary N) is 3. The minimum absolute atomic E-state index is 0.0817. The van der Waals surface area contributed by atoms with Crippen LogP contribution in [0.5, 0.6) is 0 Å². The van der Waals surface area contributed by atoms with E-state index in [1.54, 1.807) is 30.6 Å². The maximum Gasteiger partial charge on any atom is 0.315 e. The van der Waals surface area contributed by atoms with Gasteiger partial charge in [0.15, 0.2) is 0 Å². The van der Waals surface area contributed by atoms with Gasteiger partial charge in [0.2, 0.25) is 0 Å². The first-order valence-corrected chi connectivity index (χ1v) is 7.85. The average molecular weight is 326 g/mol. The summed E-state index contributed by atoms with van der Waals surface area (Å²) in [5, 5.41) is 8.40. The van der Waals surface area contributed by atoms with E-state index in [0.717, 1.165) is 11.1 Å². The van der Waals surface area contributed by atoms with Gasteiger partial charge in [0.1, 0.15) is 0 Å². The molecule has 0 aliphatic carbocycles. The van der Waals surface area contributed by atoms with E-state index in [0.29, 0.717) is 18.7 Å². The fraction of sp³-hybridized carbons (Fsp3) is 0.278. The Kier molecular flexibility index (Phi) is 6.31. The molecule has 2 aromatic rings. The van der Waals surface area contributed by atoms with Crippen LogP contribution in [0.2, 0.25) is 0 Å². The molecule has 1 aromatic carbocycles. The van der Waals surface area contributed by atoms with Crippen molar-refractivity contribution in [2.24, 2.45) is 0 Å². The number of hydrogen-bond donors (Lipinski definition) is 3. The van der Waals surface area contributed by atoms with E-state index in [1.165, 1.54) is 0 Å². The molecule has 0 saturated heterocycles. The predicted molar refractivity (Wildman–Crippen MR) is 92.4 cm³/mol. The monoisotopic (exact) mass is 326 g/mol. The molecule has 0 bridgehead atoms. The Hall–Kier alpha value is -2.89. The summed E-state index contributed by atoms with van der Waals surface area (Å²) < 4.78 is 0. The molecule has 0 radical (unpaired) electrons. The summed E-state index contributed by atoms with van der Waals surface area (Å²) in [5.74, 6) is -0.117. The Labute approximate surface area is 141 Å². The molecule has 1 heterocycles. The molecular formula is C18H22N4O2. The third kappa shape index (κ3) is 5.72. The number of nitrogens with zero attached hydrogens (tertiary/aromatic N) is 1. The van der Waals surface area contributed by atoms with Crippen molar-refractivity contribution in [3.8, 4) is 0 Å². The van der Waals surface area contributed by atoms with Gasteiger partial charge in [-0.3, -0.25) is 9.78 Å². The molecular weight excluding hydrogens is 304 g/mol. The normalized spacial score (nSPS) is 10.3. The van der Waals surface area contributed by atoms with Gasteiger partial charge in [-0.2, -0.15) is 0 Å². The highest BCUT2D eigenvalue weighted by molar-refractivity contribution is 5.94. The molecule has 126 valence electrons. The molecule has 0 aliphatic rings. The van der Waals surface area contributed by atoms with E-state index in [4.69, 9.17) is 0 Å². The smallest absolute Gasteiger partial charge is 0.315 e. The fourth-order valence-electron chi connectivity index (χ4n) is 2.10. The van der Waals surface area contributed by atoms with Crippen molar-refractivity contribution in [1.82, 2.24) is 20.9 Å². The number of carbonyl (C=O) groups excluding carboxylic acids is 2. The van der Waals surface area contributed by atoms with Gasteiger partial charge in [0.25, 0.3) is 5.91 Å². The lowest BCUT2D eigenvalue weighted by atomic mass is 10.1. The van der Waals surface area contributed by atoms with Crippen LogP contribution in [-0.2, 0) is 13.1 Å². The Bertz CT molecular complexity index is 686. The van der Waals surface area contributed by atoms with Crippen LogP contribution in [-0.4, -0.2) is 23.0 Å². The molecule has 2 rings (SSSR count). The molecule has 1 aromatic heterocycles. The van der Waals surface area contributed by atoms with Crippen LogP contribution in [0.15, 0.2) is 48.8 Å². The molecule has 0 aliphatic heterocycles. The Morgan fingerprint density at radius 2 is 1.67 bits per heavy atom. The van der Waals surface area contributed by atoms with Crippen LogP contribution in [0.25, 0.3) is 0 Å². The van der Waals surface area contributed by atoms with Gasteiger partial charge in [-0.15, -0.1) is 0 Å². The number of rotatable bonds is 6. The highest BCUT2D eigenvalue weighted by Gasteiger charge is 2.08. The summed E-state index contributed by atoms with van der Waals surface area (Å²) in [4.78, 5) is 27.8. The zero-order chi connectivity index (χ0) is 17.4. The summed E-state index contributed by atoms with van der Waals surface area (Å²) in [6, 6.07) is 10.7. The lowest BCUT2D eigenvalue weighted by Crippen LogP contribution is -2.34. The first-order chi connectivity index (χ1) is 11.5. The van der Waals surface area contributed by atoms with E-state index in [9.17, 15) is 9.59 Å². The van der Waals surface area contributed by atoms with Gasteiger partial charge in [-0.05, 0) is 49.2 Å². The second-order valence-corrected chi connectivity index (χ2v) is 5.72. The van der Waals surface area contributed by atoms with Crippen LogP contribution < -0.4 is 16.0 Å². The van der Waals surface area contributed by atoms with Gasteiger partial charge in [-0.25, -0.2) is 4.79 Å². The molecule has 0 unspecified atom stereocenters. The third-order valence-corrected chi connectivity index (χ3v) is 3.26. The summed E-state index contributed by atoms with van der Waals surface area (Å²) in [5.41, 5.74) is 2.43. The molecule has 0 atom stereocenters. The molecule has 3 N–H and O–H groups in total. The highest BCUT2D eigenvalue weighted by atomic mass is 16.2. The SMILES string of the molecule is CC(C)NC(=O)c1cccc(CNC(=O)NCc2ccncc2)c1. The van der Waals surface area contributed by atoms with Crippen molar-refractivity contribution in [1.29, 1.82) is 0 Å². The van der Waals surface area contributed by atoms with Crippen molar-refractivity contribution in [3.63, 3.8) is 0 Å². The van der Waals surface area contributed by atoms with Crippen LogP contribution in [0.4, 0.5) is 4.79 Å². The maximum atomic E-state index is 12.0. The Morgan fingerprint density at radius 3 is 2.33 bits per heavy atom. The lowest BCUT2D eigenvalue weighted by Gasteiger charge is -2.10. The van der Waals surface area contributed by atoms with Crippen LogP contribution in [0, 0.1) is 0 Å². The van der Waals surface area contributed by atoms with E-state index < -0.39 is 0 Å². The zero-order valence-corrected chi connectivity index (χ0v) is 13.9. The van der Waals surface area contributed by atoms with Crippen molar-refractivity contribution in [2.75, 3.05) is 0 Å². The standard InChI is InChI=1S/C18H22N4O2/c1-13(2)22-17(23)16-5-3-4-15(10-16)12-21-18(24)20-11-14-6-8-19-9-7-14/h3-10,13H,11-12H2,1-2H3,(H,22,23)(H2,20,21,24). The molecule has 3 amide bonds. The van der Waals surface area contributed by atoms with Crippen LogP contribution in [0.3, 0.4) is 0 Å². The maximum absolute atomic E-state index is 12.0. The Morgan fingerprint density at radius 1 is 1.00 bits per heavy atom. The van der Waals surface area contributed by atoms with Gasteiger partial charge in [0.05, 0.1) is 0 Å². The molecule has 6 nitrogen and oxygen atoms in total. The molecule has 24 heavy (non-hydrogen) atoms. The fourth-order valence-corrected chi connectivity index (χ4v) is 2.10. The van der Waals surface area contributed by atoms with E-state index in [1.807, 2.05) is 32.0 Å². The topological polar surface area (TPSA) is 83.1 Å². The molecule has 0 saturated carbocycles. The summed E-state index contributed by atoms with van der Waals surface area (Å²) in [6.45, 7) is 4.61. The lowest BCUT2D eigenvalue weighted by molar-refractivity contribution is 0.0943. The summed E-state index contributed by atoms with van der Waals surface area (Å²) >= 11 is 0. The van der Waals surface area contributed by atoms with E-state index in [-0.39, 0.29) is 18.0 Å². The van der Waals surface area contributed by atoms with Gasteiger partial charge < -0.3 is 16.0 Å². The number of amides is 3. The first-order valence-electron chi connectivity index (χ1n) is 7.85. The number of urea groups is 1. The number of hydrogen-bond acceptors (Lipinski definition) is 3. The zero-order valence-electron chi connectivity index (χ0n) is 13.9. The third-order valence-electron chi connectivity index (χ3n) is 3.26. The number of benzene rings is 1. The number of carbonyl (C=O) groups is 2. The van der Waals surface area contributed by atoms with Crippen molar-refractivity contribution in [2.45, 2.75) is 33.0 Å².